The van der Waals surface area contributed by atoms with Crippen LogP contribution >= 0.6 is 0 Å². The maximum atomic E-state index is 13.2. The van der Waals surface area contributed by atoms with E-state index >= 15 is 0 Å². The fourth-order valence-electron chi connectivity index (χ4n) is 5.61. The molecule has 5 rings (SSSR count). The predicted molar refractivity (Wildman–Crippen MR) is 173 cm³/mol. The number of hydrogen-bond donors (Lipinski definition) is 2. The molecule has 1 aliphatic heterocycles. The zero-order valence-corrected chi connectivity index (χ0v) is 25.8. The van der Waals surface area contributed by atoms with Crippen molar-refractivity contribution in [2.75, 3.05) is 57.8 Å². The van der Waals surface area contributed by atoms with Crippen LogP contribution in [-0.2, 0) is 14.9 Å². The lowest BCUT2D eigenvalue weighted by Crippen LogP contribution is -2.39. The molecule has 0 bridgehead atoms. The molecule has 0 aliphatic carbocycles. The number of hydrogen-bond acceptors (Lipinski definition) is 6. The molecule has 43 heavy (non-hydrogen) atoms. The second-order valence-corrected chi connectivity index (χ2v) is 11.9. The Morgan fingerprint density at radius 2 is 1.70 bits per heavy atom. The number of aromatic nitrogens is 1. The summed E-state index contributed by atoms with van der Waals surface area (Å²) >= 11 is 0. The van der Waals surface area contributed by atoms with Gasteiger partial charge in [0.15, 0.2) is 0 Å². The zero-order chi connectivity index (χ0) is 30.4. The number of nitrogens with zero attached hydrogens (tertiary/aromatic N) is 2. The Labute approximate surface area is 254 Å². The van der Waals surface area contributed by atoms with Crippen molar-refractivity contribution in [1.82, 2.24) is 9.88 Å². The van der Waals surface area contributed by atoms with Gasteiger partial charge in [0.2, 0.25) is 0 Å². The van der Waals surface area contributed by atoms with E-state index in [9.17, 15) is 4.79 Å². The van der Waals surface area contributed by atoms with Crippen molar-refractivity contribution < 1.29 is 19.0 Å². The average Bonchev–Trinajstić information content (AvgIpc) is 3.02. The normalized spacial score (nSPS) is 14.8. The van der Waals surface area contributed by atoms with Gasteiger partial charge in [0.1, 0.15) is 5.75 Å². The van der Waals surface area contributed by atoms with Crippen LogP contribution < -0.4 is 15.4 Å². The highest BCUT2D eigenvalue weighted by Gasteiger charge is 2.24. The number of morpholine rings is 1. The highest BCUT2D eigenvalue weighted by molar-refractivity contribution is 6.10. The van der Waals surface area contributed by atoms with Gasteiger partial charge < -0.3 is 24.8 Å². The molecular formula is C35H42N4O4. The smallest absolute Gasteiger partial charge is 0.323 e. The largest absolute Gasteiger partial charge is 0.495 e. The van der Waals surface area contributed by atoms with Crippen LogP contribution in [0.5, 0.6) is 5.75 Å². The molecule has 226 valence electrons. The van der Waals surface area contributed by atoms with Gasteiger partial charge in [-0.3, -0.25) is 9.88 Å². The van der Waals surface area contributed by atoms with Gasteiger partial charge in [-0.15, -0.1) is 0 Å². The number of carbonyl (C=O) groups is 1. The number of rotatable bonds is 9. The van der Waals surface area contributed by atoms with E-state index in [2.05, 4.69) is 54.5 Å². The van der Waals surface area contributed by atoms with E-state index in [1.165, 1.54) is 0 Å². The number of methoxy groups -OCH3 is 2. The molecule has 1 fully saturated rings. The second-order valence-electron chi connectivity index (χ2n) is 11.9. The number of pyridine rings is 1. The summed E-state index contributed by atoms with van der Waals surface area (Å²) in [7, 11) is 3.34. The Morgan fingerprint density at radius 3 is 2.37 bits per heavy atom. The van der Waals surface area contributed by atoms with Crippen LogP contribution in [0.15, 0.2) is 72.9 Å². The SMILES string of the molecule is COCCC(c1ccc(-c2ccc(NC(=O)Nc3cc(C(C)(C)C)ccc3OC)c3ccccc23)cn1)N1CCOCC1. The van der Waals surface area contributed by atoms with E-state index in [0.717, 1.165) is 71.6 Å². The Kier molecular flexibility index (Phi) is 9.60. The molecule has 8 nitrogen and oxygen atoms in total. The lowest BCUT2D eigenvalue weighted by Gasteiger charge is -2.34. The molecule has 3 aromatic carbocycles. The molecule has 2 heterocycles. The summed E-state index contributed by atoms with van der Waals surface area (Å²) in [5, 5.41) is 8.02. The van der Waals surface area contributed by atoms with E-state index in [4.69, 9.17) is 19.2 Å². The van der Waals surface area contributed by atoms with Gasteiger partial charge in [0.05, 0.1) is 43.4 Å². The topological polar surface area (TPSA) is 85.0 Å². The minimum Gasteiger partial charge on any atom is -0.495 e. The third-order valence-electron chi connectivity index (χ3n) is 8.01. The van der Waals surface area contributed by atoms with Crippen LogP contribution in [0.3, 0.4) is 0 Å². The van der Waals surface area contributed by atoms with Crippen molar-refractivity contribution in [3.63, 3.8) is 0 Å². The number of benzene rings is 3. The quantitative estimate of drug-likeness (QED) is 0.216. The summed E-state index contributed by atoms with van der Waals surface area (Å²) in [5.74, 6) is 0.609. The van der Waals surface area contributed by atoms with Crippen molar-refractivity contribution in [1.29, 1.82) is 0 Å². The maximum absolute atomic E-state index is 13.2. The lowest BCUT2D eigenvalue weighted by atomic mass is 9.87. The Balaban J connectivity index is 1.39. The zero-order valence-electron chi connectivity index (χ0n) is 25.8. The number of fused-ring (bicyclic) bond motifs is 1. The van der Waals surface area contributed by atoms with E-state index < -0.39 is 0 Å². The standard InChI is InChI=1S/C35H42N4O4/c1-35(2,3)25-11-15-33(42-5)31(22-25)38-34(40)37-29-14-12-26(27-8-6-7-9-28(27)29)24-10-13-30(36-23-24)32(16-19-41-4)39-17-20-43-21-18-39/h6-15,22-23,32H,16-21H2,1-5H3,(H2,37,38,40). The maximum Gasteiger partial charge on any atom is 0.323 e. The Hall–Kier alpha value is -3.98. The number of nitrogens with one attached hydrogen (secondary N) is 2. The minimum atomic E-state index is -0.335. The fraction of sp³-hybridized carbons (Fsp3) is 0.371. The molecule has 1 atom stereocenters. The van der Waals surface area contributed by atoms with Crippen LogP contribution in [-0.4, -0.2) is 63.0 Å². The van der Waals surface area contributed by atoms with Crippen molar-refractivity contribution in [2.24, 2.45) is 0 Å². The van der Waals surface area contributed by atoms with Gasteiger partial charge in [-0.1, -0.05) is 63.2 Å². The third-order valence-corrected chi connectivity index (χ3v) is 8.01. The van der Waals surface area contributed by atoms with Gasteiger partial charge in [0, 0.05) is 44.0 Å². The van der Waals surface area contributed by atoms with Crippen molar-refractivity contribution >= 4 is 28.2 Å². The first-order valence-electron chi connectivity index (χ1n) is 14.8. The van der Waals surface area contributed by atoms with E-state index in [-0.39, 0.29) is 17.5 Å². The molecule has 8 heteroatoms. The van der Waals surface area contributed by atoms with Crippen LogP contribution in [0, 0.1) is 0 Å². The van der Waals surface area contributed by atoms with E-state index in [1.54, 1.807) is 14.2 Å². The summed E-state index contributed by atoms with van der Waals surface area (Å²) in [6.07, 6.45) is 2.83. The summed E-state index contributed by atoms with van der Waals surface area (Å²) in [6.45, 7) is 10.3. The molecule has 2 amide bonds. The number of urea groups is 1. The minimum absolute atomic E-state index is 0.0639. The first kappa shape index (κ1) is 30.5. The van der Waals surface area contributed by atoms with E-state index in [1.807, 2.05) is 54.7 Å². The van der Waals surface area contributed by atoms with Gasteiger partial charge in [-0.05, 0) is 52.6 Å². The monoisotopic (exact) mass is 582 g/mol. The summed E-state index contributed by atoms with van der Waals surface area (Å²) in [5.41, 5.74) is 5.50. The van der Waals surface area contributed by atoms with Crippen LogP contribution in [0.25, 0.3) is 21.9 Å². The summed E-state index contributed by atoms with van der Waals surface area (Å²) < 4.78 is 16.5. The predicted octanol–water partition coefficient (Wildman–Crippen LogP) is 7.26. The van der Waals surface area contributed by atoms with Gasteiger partial charge in [-0.2, -0.15) is 0 Å². The van der Waals surface area contributed by atoms with Crippen LogP contribution in [0.1, 0.15) is 44.5 Å². The van der Waals surface area contributed by atoms with Gasteiger partial charge in [0.25, 0.3) is 0 Å². The molecular weight excluding hydrogens is 540 g/mol. The van der Waals surface area contributed by atoms with Gasteiger partial charge >= 0.3 is 6.03 Å². The fourth-order valence-corrected chi connectivity index (χ4v) is 5.61. The van der Waals surface area contributed by atoms with E-state index in [0.29, 0.717) is 18.0 Å². The highest BCUT2D eigenvalue weighted by atomic mass is 16.5. The molecule has 0 spiro atoms. The third kappa shape index (κ3) is 7.16. The summed E-state index contributed by atoms with van der Waals surface area (Å²) in [6, 6.07) is 22.1. The number of amides is 2. The molecule has 2 N–H and O–H groups in total. The first-order valence-corrected chi connectivity index (χ1v) is 14.8. The Morgan fingerprint density at radius 1 is 0.953 bits per heavy atom. The van der Waals surface area contributed by atoms with Crippen molar-refractivity contribution in [3.05, 3.63) is 84.2 Å². The van der Waals surface area contributed by atoms with Crippen LogP contribution in [0.2, 0.25) is 0 Å². The molecule has 4 aromatic rings. The summed E-state index contributed by atoms with van der Waals surface area (Å²) in [4.78, 5) is 20.6. The molecule has 0 saturated carbocycles. The molecule has 1 aromatic heterocycles. The molecule has 1 saturated heterocycles. The van der Waals surface area contributed by atoms with Crippen molar-refractivity contribution in [2.45, 2.75) is 38.6 Å². The molecule has 0 radical (unpaired) electrons. The second kappa shape index (κ2) is 13.5. The average molecular weight is 583 g/mol. The number of anilines is 2. The number of ether oxygens (including phenoxy) is 3. The van der Waals surface area contributed by atoms with Crippen LogP contribution in [0.4, 0.5) is 16.2 Å². The van der Waals surface area contributed by atoms with Gasteiger partial charge in [-0.25, -0.2) is 4.79 Å². The van der Waals surface area contributed by atoms with Crippen molar-refractivity contribution in [3.8, 4) is 16.9 Å². The molecule has 1 unspecified atom stereocenters. The highest BCUT2D eigenvalue weighted by Crippen LogP contribution is 2.35. The molecule has 1 aliphatic rings. The first-order chi connectivity index (χ1) is 20.8. The number of carbonyl (C=O) groups excluding carboxylic acids is 1. The Bertz CT molecular complexity index is 1540. The lowest BCUT2D eigenvalue weighted by molar-refractivity contribution is 0.00790.